The van der Waals surface area contributed by atoms with Gasteiger partial charge in [-0.25, -0.2) is 4.98 Å². The molecule has 13 heavy (non-hydrogen) atoms. The minimum absolute atomic E-state index is 0.379. The van der Waals surface area contributed by atoms with E-state index >= 15 is 0 Å². The van der Waals surface area contributed by atoms with Crippen LogP contribution in [0.3, 0.4) is 0 Å². The topological polar surface area (TPSA) is 79.4 Å². The predicted molar refractivity (Wildman–Crippen MR) is 48.6 cm³/mol. The van der Waals surface area contributed by atoms with E-state index in [9.17, 15) is 0 Å². The van der Waals surface area contributed by atoms with Gasteiger partial charge >= 0.3 is 0 Å². The van der Waals surface area contributed by atoms with Crippen LogP contribution >= 0.6 is 23.3 Å². The number of hydrogen-bond donors (Lipinski definition) is 2. The molecule has 6 nitrogen and oxygen atoms in total. The zero-order valence-electron chi connectivity index (χ0n) is 6.36. The third-order valence-electron chi connectivity index (χ3n) is 1.34. The maximum absolute atomic E-state index is 5.71. The van der Waals surface area contributed by atoms with E-state index in [2.05, 4.69) is 29.2 Å². The highest BCUT2D eigenvalue weighted by molar-refractivity contribution is 6.99. The molecule has 0 spiro atoms. The smallest absolute Gasteiger partial charge is 0.186 e. The zero-order chi connectivity index (χ0) is 9.10. The first-order valence-electron chi connectivity index (χ1n) is 3.42. The Morgan fingerprint density at radius 1 is 1.54 bits per heavy atom. The van der Waals surface area contributed by atoms with E-state index in [4.69, 9.17) is 11.6 Å². The largest absolute Gasteiger partial charge is 0.359 e. The van der Waals surface area contributed by atoms with Crippen molar-refractivity contribution in [3.05, 3.63) is 17.3 Å². The van der Waals surface area contributed by atoms with Crippen LogP contribution in [0.25, 0.3) is 0 Å². The molecule has 0 bridgehead atoms. The fourth-order valence-corrected chi connectivity index (χ4v) is 1.45. The van der Waals surface area contributed by atoms with Crippen molar-refractivity contribution in [2.24, 2.45) is 0 Å². The fraction of sp³-hybridized carbons (Fsp3) is 0.200. The van der Waals surface area contributed by atoms with Crippen molar-refractivity contribution in [2.75, 3.05) is 5.32 Å². The Labute approximate surface area is 82.7 Å². The van der Waals surface area contributed by atoms with Crippen molar-refractivity contribution in [3.8, 4) is 0 Å². The number of anilines is 1. The van der Waals surface area contributed by atoms with Crippen molar-refractivity contribution >= 4 is 29.1 Å². The Kier molecular flexibility index (Phi) is 2.37. The Bertz CT molecular complexity index is 370. The first-order valence-corrected chi connectivity index (χ1v) is 4.53. The summed E-state index contributed by atoms with van der Waals surface area (Å²) < 4.78 is 7.74. The van der Waals surface area contributed by atoms with Gasteiger partial charge in [0.2, 0.25) is 0 Å². The Balaban J connectivity index is 1.97. The number of aromatic amines is 1. The molecular formula is C5H5ClN6S. The van der Waals surface area contributed by atoms with Gasteiger partial charge in [0, 0.05) is 0 Å². The molecule has 0 aliphatic carbocycles. The van der Waals surface area contributed by atoms with Crippen molar-refractivity contribution in [1.82, 2.24) is 23.9 Å². The van der Waals surface area contributed by atoms with Crippen LogP contribution in [0.2, 0.25) is 5.15 Å². The molecule has 0 aliphatic heterocycles. The van der Waals surface area contributed by atoms with Crippen molar-refractivity contribution < 1.29 is 0 Å². The monoisotopic (exact) mass is 216 g/mol. The molecule has 2 rings (SSSR count). The summed E-state index contributed by atoms with van der Waals surface area (Å²) in [6, 6.07) is 0. The Morgan fingerprint density at radius 2 is 2.46 bits per heavy atom. The summed E-state index contributed by atoms with van der Waals surface area (Å²) in [6.07, 6.45) is 1.44. The molecule has 0 saturated heterocycles. The molecule has 0 aromatic carbocycles. The van der Waals surface area contributed by atoms with Gasteiger partial charge in [0.15, 0.2) is 11.0 Å². The lowest BCUT2D eigenvalue weighted by molar-refractivity contribution is 0.951. The number of nitrogens with one attached hydrogen (secondary N) is 2. The first-order chi connectivity index (χ1) is 6.36. The van der Waals surface area contributed by atoms with Gasteiger partial charge in [0.05, 0.1) is 18.3 Å². The molecule has 2 N–H and O–H groups in total. The highest BCUT2D eigenvalue weighted by atomic mass is 35.5. The van der Waals surface area contributed by atoms with Gasteiger partial charge in [-0.1, -0.05) is 11.6 Å². The highest BCUT2D eigenvalue weighted by Crippen LogP contribution is 2.17. The quantitative estimate of drug-likeness (QED) is 0.798. The molecule has 0 fully saturated rings. The van der Waals surface area contributed by atoms with E-state index < -0.39 is 0 Å². The second-order valence-electron chi connectivity index (χ2n) is 2.19. The van der Waals surface area contributed by atoms with Crippen LogP contribution in [0.1, 0.15) is 5.82 Å². The van der Waals surface area contributed by atoms with E-state index in [0.717, 1.165) is 17.6 Å². The van der Waals surface area contributed by atoms with E-state index in [1.54, 1.807) is 0 Å². The molecule has 0 amide bonds. The molecule has 2 heterocycles. The first kappa shape index (κ1) is 8.39. The second kappa shape index (κ2) is 3.67. The molecule has 2 aromatic heterocycles. The van der Waals surface area contributed by atoms with Crippen LogP contribution in [-0.2, 0) is 6.54 Å². The van der Waals surface area contributed by atoms with E-state index in [1.807, 2.05) is 0 Å². The summed E-state index contributed by atoms with van der Waals surface area (Å²) in [5.74, 6) is 1.30. The molecule has 0 radical (unpaired) electrons. The van der Waals surface area contributed by atoms with Crippen LogP contribution in [-0.4, -0.2) is 23.9 Å². The lowest BCUT2D eigenvalue weighted by Crippen LogP contribution is -2.01. The third-order valence-corrected chi connectivity index (χ3v) is 2.23. The van der Waals surface area contributed by atoms with Gasteiger partial charge in [-0.2, -0.15) is 13.8 Å². The summed E-state index contributed by atoms with van der Waals surface area (Å²) in [4.78, 5) is 3.93. The van der Waals surface area contributed by atoms with Gasteiger partial charge in [0.25, 0.3) is 0 Å². The van der Waals surface area contributed by atoms with Gasteiger partial charge < -0.3 is 5.32 Å². The summed E-state index contributed by atoms with van der Waals surface area (Å²) in [7, 11) is 0. The van der Waals surface area contributed by atoms with Crippen molar-refractivity contribution in [3.63, 3.8) is 0 Å². The molecule has 0 saturated carbocycles. The van der Waals surface area contributed by atoms with E-state index in [1.165, 1.54) is 6.33 Å². The minimum Gasteiger partial charge on any atom is -0.359 e. The standard InChI is InChI=1S/C5H5ClN6S/c6-4-5(12-13-11-4)7-1-3-8-2-9-10-3/h2H,1H2,(H,7,12)(H,8,9,10). The summed E-state index contributed by atoms with van der Waals surface area (Å²) in [5.41, 5.74) is 0. The summed E-state index contributed by atoms with van der Waals surface area (Å²) in [6.45, 7) is 0.505. The molecule has 8 heteroatoms. The van der Waals surface area contributed by atoms with Crippen LogP contribution in [0.4, 0.5) is 5.82 Å². The summed E-state index contributed by atoms with van der Waals surface area (Å²) in [5, 5.41) is 9.76. The van der Waals surface area contributed by atoms with Crippen molar-refractivity contribution in [1.29, 1.82) is 0 Å². The molecule has 68 valence electrons. The average Bonchev–Trinajstić information content (AvgIpc) is 2.72. The van der Waals surface area contributed by atoms with Gasteiger partial charge in [-0.05, 0) is 0 Å². The fourth-order valence-electron chi connectivity index (χ4n) is 0.767. The number of aromatic nitrogens is 5. The number of nitrogens with zero attached hydrogens (tertiary/aromatic N) is 4. The normalized spacial score (nSPS) is 10.2. The number of hydrogen-bond acceptors (Lipinski definition) is 6. The van der Waals surface area contributed by atoms with Crippen LogP contribution in [0.15, 0.2) is 6.33 Å². The minimum atomic E-state index is 0.379. The van der Waals surface area contributed by atoms with Gasteiger partial charge in [0.1, 0.15) is 12.2 Å². The number of halogens is 1. The van der Waals surface area contributed by atoms with Crippen LogP contribution in [0.5, 0.6) is 0 Å². The van der Waals surface area contributed by atoms with E-state index in [0.29, 0.717) is 17.5 Å². The number of H-pyrrole nitrogens is 1. The lowest BCUT2D eigenvalue weighted by atomic mass is 10.6. The molecule has 0 aliphatic rings. The van der Waals surface area contributed by atoms with Gasteiger partial charge in [-0.15, -0.1) is 0 Å². The van der Waals surface area contributed by atoms with E-state index in [-0.39, 0.29) is 0 Å². The Hall–Kier alpha value is -1.21. The van der Waals surface area contributed by atoms with Crippen LogP contribution < -0.4 is 5.32 Å². The second-order valence-corrected chi connectivity index (χ2v) is 3.08. The molecule has 0 atom stereocenters. The Morgan fingerprint density at radius 3 is 3.08 bits per heavy atom. The third kappa shape index (κ3) is 1.93. The molecular weight excluding hydrogens is 212 g/mol. The lowest BCUT2D eigenvalue weighted by Gasteiger charge is -1.97. The van der Waals surface area contributed by atoms with Crippen molar-refractivity contribution in [2.45, 2.75) is 6.54 Å². The maximum Gasteiger partial charge on any atom is 0.186 e. The SMILES string of the molecule is Clc1nsnc1NCc1ncn[nH]1. The highest BCUT2D eigenvalue weighted by Gasteiger charge is 2.04. The molecule has 0 unspecified atom stereocenters. The van der Waals surface area contributed by atoms with Gasteiger partial charge in [-0.3, -0.25) is 5.10 Å². The summed E-state index contributed by atoms with van der Waals surface area (Å²) >= 11 is 6.77. The predicted octanol–water partition coefficient (Wildman–Crippen LogP) is 0.922. The molecule has 2 aromatic rings. The zero-order valence-corrected chi connectivity index (χ0v) is 7.93. The maximum atomic E-state index is 5.71. The van der Waals surface area contributed by atoms with Crippen LogP contribution in [0, 0.1) is 0 Å². The number of rotatable bonds is 3. The average molecular weight is 217 g/mol.